The molecule has 2 aromatic rings. The van der Waals surface area contributed by atoms with Crippen LogP contribution in [-0.4, -0.2) is 16.0 Å². The van der Waals surface area contributed by atoms with Crippen LogP contribution in [0.25, 0.3) is 10.9 Å². The van der Waals surface area contributed by atoms with Gasteiger partial charge < -0.3 is 9.72 Å². The van der Waals surface area contributed by atoms with E-state index < -0.39 is 0 Å². The number of pyridine rings is 1. The van der Waals surface area contributed by atoms with E-state index in [1.807, 2.05) is 25.1 Å². The normalized spacial score (nSPS) is 10.7. The summed E-state index contributed by atoms with van der Waals surface area (Å²) in [7, 11) is 0. The molecule has 0 atom stereocenters. The maximum absolute atomic E-state index is 11.9. The van der Waals surface area contributed by atoms with Crippen LogP contribution < -0.4 is 10.2 Å². The van der Waals surface area contributed by atoms with E-state index in [1.165, 1.54) is 6.07 Å². The van der Waals surface area contributed by atoms with E-state index in [-0.39, 0.29) is 5.43 Å². The molecule has 0 radical (unpaired) electrons. The largest absolute Gasteiger partial charge is 0.479 e. The minimum Gasteiger partial charge on any atom is -0.479 e. The fraction of sp³-hybridized carbons (Fsp3) is 0.308. The molecule has 1 aromatic carbocycles. The zero-order valence-electron chi connectivity index (χ0n) is 9.63. The highest BCUT2D eigenvalue weighted by Gasteiger charge is 2.06. The second-order valence-electron chi connectivity index (χ2n) is 3.71. The standard InChI is InChI=1S/C13H14INO2/c1-2-17-12-8-11(16)10-5-3-4-9(6-7-14)13(10)15-12/h3-5,8H,2,6-7H2,1H3,(H,15,16). The van der Waals surface area contributed by atoms with Crippen molar-refractivity contribution in [3.05, 3.63) is 40.1 Å². The second kappa shape index (κ2) is 5.53. The molecule has 0 bridgehead atoms. The van der Waals surface area contributed by atoms with Crippen LogP contribution in [0.15, 0.2) is 29.1 Å². The monoisotopic (exact) mass is 343 g/mol. The summed E-state index contributed by atoms with van der Waals surface area (Å²) in [5.74, 6) is 0.547. The summed E-state index contributed by atoms with van der Waals surface area (Å²) in [5, 5.41) is 0.732. The third-order valence-corrected chi connectivity index (χ3v) is 3.13. The highest BCUT2D eigenvalue weighted by Crippen LogP contribution is 2.18. The van der Waals surface area contributed by atoms with E-state index in [9.17, 15) is 4.79 Å². The summed E-state index contributed by atoms with van der Waals surface area (Å²) in [4.78, 5) is 15.1. The molecule has 0 aliphatic carbocycles. The Bertz CT molecular complexity index is 577. The second-order valence-corrected chi connectivity index (χ2v) is 4.79. The molecular weight excluding hydrogens is 329 g/mol. The lowest BCUT2D eigenvalue weighted by atomic mass is 10.1. The minimum atomic E-state index is 0.0116. The molecule has 0 fully saturated rings. The number of alkyl halides is 1. The summed E-state index contributed by atoms with van der Waals surface area (Å²) in [6.45, 7) is 2.45. The van der Waals surface area contributed by atoms with Gasteiger partial charge in [0.15, 0.2) is 11.3 Å². The van der Waals surface area contributed by atoms with Crippen molar-refractivity contribution in [3.8, 4) is 5.88 Å². The fourth-order valence-electron chi connectivity index (χ4n) is 1.85. The molecular formula is C13H14INO2. The number of aromatic nitrogens is 1. The Morgan fingerprint density at radius 3 is 2.94 bits per heavy atom. The van der Waals surface area contributed by atoms with Crippen molar-refractivity contribution in [3.63, 3.8) is 0 Å². The molecule has 1 N–H and O–H groups in total. The van der Waals surface area contributed by atoms with Crippen LogP contribution in [0.5, 0.6) is 5.88 Å². The average molecular weight is 343 g/mol. The lowest BCUT2D eigenvalue weighted by Crippen LogP contribution is -2.06. The molecule has 0 saturated heterocycles. The maximum Gasteiger partial charge on any atom is 0.195 e. The lowest BCUT2D eigenvalue weighted by Gasteiger charge is -2.08. The van der Waals surface area contributed by atoms with Gasteiger partial charge in [0, 0.05) is 15.9 Å². The number of fused-ring (bicyclic) bond motifs is 1. The molecule has 0 saturated carbocycles. The number of hydrogen-bond donors (Lipinski definition) is 1. The highest BCUT2D eigenvalue weighted by molar-refractivity contribution is 14.1. The third kappa shape index (κ3) is 2.62. The molecule has 0 aliphatic heterocycles. The Morgan fingerprint density at radius 1 is 1.41 bits per heavy atom. The van der Waals surface area contributed by atoms with E-state index in [2.05, 4.69) is 27.6 Å². The van der Waals surface area contributed by atoms with Crippen LogP contribution >= 0.6 is 22.6 Å². The molecule has 17 heavy (non-hydrogen) atoms. The zero-order valence-corrected chi connectivity index (χ0v) is 11.8. The molecule has 0 aliphatic rings. The first-order valence-electron chi connectivity index (χ1n) is 5.60. The number of aromatic amines is 1. The maximum atomic E-state index is 11.9. The van der Waals surface area contributed by atoms with Crippen LogP contribution in [0, 0.1) is 0 Å². The highest BCUT2D eigenvalue weighted by atomic mass is 127. The van der Waals surface area contributed by atoms with Crippen LogP contribution in [0.4, 0.5) is 0 Å². The van der Waals surface area contributed by atoms with Gasteiger partial charge in [0.25, 0.3) is 0 Å². The molecule has 1 heterocycles. The Hall–Kier alpha value is -1.04. The average Bonchev–Trinajstić information content (AvgIpc) is 2.31. The topological polar surface area (TPSA) is 42.1 Å². The summed E-state index contributed by atoms with van der Waals surface area (Å²) >= 11 is 2.33. The molecule has 0 amide bonds. The number of H-pyrrole nitrogens is 1. The molecule has 4 heteroatoms. The summed E-state index contributed by atoms with van der Waals surface area (Å²) < 4.78 is 6.40. The van der Waals surface area contributed by atoms with E-state index in [0.717, 1.165) is 27.3 Å². The SMILES string of the molecule is CCOc1cc(=O)c2cccc(CCI)c2[nH]1. The van der Waals surface area contributed by atoms with E-state index in [0.29, 0.717) is 12.5 Å². The molecule has 0 unspecified atom stereocenters. The molecule has 2 rings (SSSR count). The first kappa shape index (κ1) is 12.4. The number of ether oxygens (including phenoxy) is 1. The van der Waals surface area contributed by atoms with Crippen LogP contribution in [0.3, 0.4) is 0 Å². The number of rotatable bonds is 4. The smallest absolute Gasteiger partial charge is 0.195 e. The minimum absolute atomic E-state index is 0.0116. The number of hydrogen-bond acceptors (Lipinski definition) is 2. The van der Waals surface area contributed by atoms with Crippen LogP contribution in [-0.2, 0) is 6.42 Å². The summed E-state index contributed by atoms with van der Waals surface area (Å²) in [6.07, 6.45) is 0.948. The Kier molecular flexibility index (Phi) is 4.04. The van der Waals surface area contributed by atoms with Crippen molar-refractivity contribution < 1.29 is 4.74 Å². The van der Waals surface area contributed by atoms with Crippen LogP contribution in [0.2, 0.25) is 0 Å². The Labute approximate surface area is 113 Å². The summed E-state index contributed by atoms with van der Waals surface area (Å²) in [5.41, 5.74) is 2.08. The predicted octanol–water partition coefficient (Wildman–Crippen LogP) is 2.90. The Balaban J connectivity index is 2.65. The van der Waals surface area contributed by atoms with E-state index in [1.54, 1.807) is 0 Å². The fourth-order valence-corrected chi connectivity index (χ4v) is 2.43. The van der Waals surface area contributed by atoms with Gasteiger partial charge in [-0.15, -0.1) is 0 Å². The van der Waals surface area contributed by atoms with Crippen molar-refractivity contribution in [2.75, 3.05) is 11.0 Å². The van der Waals surface area contributed by atoms with Crippen molar-refractivity contribution >= 4 is 33.5 Å². The number of halogens is 1. The van der Waals surface area contributed by atoms with Gasteiger partial charge in [0.05, 0.1) is 12.1 Å². The number of nitrogens with one attached hydrogen (secondary N) is 1. The first-order chi connectivity index (χ1) is 8.26. The zero-order chi connectivity index (χ0) is 12.3. The van der Waals surface area contributed by atoms with E-state index >= 15 is 0 Å². The molecule has 1 aromatic heterocycles. The van der Waals surface area contributed by atoms with Gasteiger partial charge in [0.2, 0.25) is 0 Å². The van der Waals surface area contributed by atoms with Gasteiger partial charge in [-0.3, -0.25) is 4.79 Å². The first-order valence-corrected chi connectivity index (χ1v) is 7.12. The quantitative estimate of drug-likeness (QED) is 0.685. The number of para-hydroxylation sites is 1. The van der Waals surface area contributed by atoms with E-state index in [4.69, 9.17) is 4.74 Å². The number of benzene rings is 1. The lowest BCUT2D eigenvalue weighted by molar-refractivity contribution is 0.328. The van der Waals surface area contributed by atoms with Crippen molar-refractivity contribution in [1.29, 1.82) is 0 Å². The van der Waals surface area contributed by atoms with Gasteiger partial charge in [-0.2, -0.15) is 0 Å². The van der Waals surface area contributed by atoms with Gasteiger partial charge >= 0.3 is 0 Å². The predicted molar refractivity (Wildman–Crippen MR) is 78.3 cm³/mol. The summed E-state index contributed by atoms with van der Waals surface area (Å²) in [6, 6.07) is 7.34. The van der Waals surface area contributed by atoms with Gasteiger partial charge in [-0.05, 0) is 25.0 Å². The van der Waals surface area contributed by atoms with Gasteiger partial charge in [-0.25, -0.2) is 0 Å². The number of aryl methyl sites for hydroxylation is 1. The van der Waals surface area contributed by atoms with Crippen molar-refractivity contribution in [2.24, 2.45) is 0 Å². The molecule has 90 valence electrons. The molecule has 0 spiro atoms. The van der Waals surface area contributed by atoms with Gasteiger partial charge in [-0.1, -0.05) is 34.7 Å². The molecule has 3 nitrogen and oxygen atoms in total. The van der Waals surface area contributed by atoms with Crippen molar-refractivity contribution in [2.45, 2.75) is 13.3 Å². The third-order valence-electron chi connectivity index (χ3n) is 2.59. The van der Waals surface area contributed by atoms with Crippen LogP contribution in [0.1, 0.15) is 12.5 Å². The van der Waals surface area contributed by atoms with Crippen molar-refractivity contribution in [1.82, 2.24) is 4.98 Å². The van der Waals surface area contributed by atoms with Gasteiger partial charge in [0.1, 0.15) is 0 Å². The Morgan fingerprint density at radius 2 is 2.24 bits per heavy atom.